The molecule has 3 rings (SSSR count). The van der Waals surface area contributed by atoms with Crippen molar-refractivity contribution in [3.05, 3.63) is 18.3 Å². The maximum absolute atomic E-state index is 11.9. The minimum atomic E-state index is -0.431. The van der Waals surface area contributed by atoms with E-state index in [-0.39, 0.29) is 5.91 Å². The molecule has 2 aliphatic rings. The predicted octanol–water partition coefficient (Wildman–Crippen LogP) is 0.503. The normalized spacial score (nSPS) is 23.4. The number of rotatable bonds is 3. The topological polar surface area (TPSA) is 63.7 Å². The van der Waals surface area contributed by atoms with Crippen LogP contribution in [0.15, 0.2) is 18.3 Å². The number of hydrogen-bond acceptors (Lipinski definition) is 5. The van der Waals surface area contributed by atoms with Crippen LogP contribution in [0, 0.1) is 0 Å². The molecule has 0 aliphatic carbocycles. The second kappa shape index (κ2) is 5.54. The Morgan fingerprint density at radius 1 is 1.42 bits per heavy atom. The number of hydrogen-bond donors (Lipinski definition) is 1. The Balaban J connectivity index is 1.58. The molecule has 0 aromatic carbocycles. The van der Waals surface area contributed by atoms with Crippen LogP contribution in [0.5, 0.6) is 5.75 Å². The third kappa shape index (κ3) is 2.85. The Morgan fingerprint density at radius 3 is 3.11 bits per heavy atom. The van der Waals surface area contributed by atoms with Crippen LogP contribution in [0.2, 0.25) is 0 Å². The molecular formula is C13H17N3O3. The fourth-order valence-corrected chi connectivity index (χ4v) is 2.30. The molecule has 0 unspecified atom stereocenters. The molecule has 1 amide bonds. The van der Waals surface area contributed by atoms with Gasteiger partial charge in [0.1, 0.15) is 0 Å². The van der Waals surface area contributed by atoms with E-state index in [2.05, 4.69) is 15.2 Å². The molecule has 102 valence electrons. The molecule has 1 N–H and O–H groups in total. The lowest BCUT2D eigenvalue weighted by molar-refractivity contribution is -0.124. The standard InChI is InChI=1S/C13H17N3O3/c17-13-11(3-5-16-6-8-18-9-7-16)19-10-2-1-4-14-12(10)15-13/h1-2,4,11H,3,5-9H2,(H,14,15,17)/t11-/m0/s1. The number of carbonyl (C=O) groups is 1. The molecule has 0 saturated carbocycles. The summed E-state index contributed by atoms with van der Waals surface area (Å²) in [6.07, 6.45) is 1.89. The molecule has 1 aromatic rings. The molecule has 0 bridgehead atoms. The van der Waals surface area contributed by atoms with E-state index in [4.69, 9.17) is 9.47 Å². The molecular weight excluding hydrogens is 246 g/mol. The van der Waals surface area contributed by atoms with Crippen molar-refractivity contribution in [1.29, 1.82) is 0 Å². The SMILES string of the molecule is O=C1Nc2ncccc2O[C@H]1CCN1CCOCC1. The molecule has 1 aromatic heterocycles. The first-order valence-electron chi connectivity index (χ1n) is 6.55. The molecule has 6 heteroatoms. The molecule has 1 fully saturated rings. The Morgan fingerprint density at radius 2 is 2.26 bits per heavy atom. The number of amides is 1. The van der Waals surface area contributed by atoms with Crippen molar-refractivity contribution >= 4 is 11.7 Å². The summed E-state index contributed by atoms with van der Waals surface area (Å²) in [5.74, 6) is 1.05. The monoisotopic (exact) mass is 263 g/mol. The van der Waals surface area contributed by atoms with Crippen LogP contribution in [0.3, 0.4) is 0 Å². The van der Waals surface area contributed by atoms with Gasteiger partial charge in [-0.1, -0.05) is 0 Å². The average Bonchev–Trinajstić information content (AvgIpc) is 2.46. The minimum Gasteiger partial charge on any atom is -0.477 e. The molecule has 19 heavy (non-hydrogen) atoms. The lowest BCUT2D eigenvalue weighted by atomic mass is 10.2. The summed E-state index contributed by atoms with van der Waals surface area (Å²) in [5, 5.41) is 2.78. The van der Waals surface area contributed by atoms with E-state index in [0.717, 1.165) is 32.8 Å². The van der Waals surface area contributed by atoms with Crippen molar-refractivity contribution < 1.29 is 14.3 Å². The predicted molar refractivity (Wildman–Crippen MR) is 69.2 cm³/mol. The van der Waals surface area contributed by atoms with Gasteiger partial charge in [-0.3, -0.25) is 9.69 Å². The number of nitrogens with one attached hydrogen (secondary N) is 1. The molecule has 1 saturated heterocycles. The van der Waals surface area contributed by atoms with Crippen molar-refractivity contribution in [3.8, 4) is 5.75 Å². The fraction of sp³-hybridized carbons (Fsp3) is 0.538. The van der Waals surface area contributed by atoms with Gasteiger partial charge in [-0.25, -0.2) is 4.98 Å². The number of anilines is 1. The maximum atomic E-state index is 11.9. The third-order valence-corrected chi connectivity index (χ3v) is 3.39. The summed E-state index contributed by atoms with van der Waals surface area (Å²) in [6, 6.07) is 3.62. The van der Waals surface area contributed by atoms with Crippen LogP contribution in [-0.2, 0) is 9.53 Å². The summed E-state index contributed by atoms with van der Waals surface area (Å²) in [4.78, 5) is 18.3. The van der Waals surface area contributed by atoms with Crippen molar-refractivity contribution in [2.75, 3.05) is 38.2 Å². The van der Waals surface area contributed by atoms with Gasteiger partial charge in [0, 0.05) is 32.3 Å². The second-order valence-corrected chi connectivity index (χ2v) is 4.69. The lowest BCUT2D eigenvalue weighted by Gasteiger charge is -2.29. The number of ether oxygens (including phenoxy) is 2. The Kier molecular flexibility index (Phi) is 3.61. The number of aromatic nitrogens is 1. The smallest absolute Gasteiger partial charge is 0.266 e. The van der Waals surface area contributed by atoms with Crippen LogP contribution in [0.1, 0.15) is 6.42 Å². The van der Waals surface area contributed by atoms with E-state index in [1.807, 2.05) is 6.07 Å². The van der Waals surface area contributed by atoms with E-state index in [1.54, 1.807) is 12.3 Å². The summed E-state index contributed by atoms with van der Waals surface area (Å²) >= 11 is 0. The largest absolute Gasteiger partial charge is 0.477 e. The number of nitrogens with zero attached hydrogens (tertiary/aromatic N) is 2. The first-order chi connectivity index (χ1) is 9.33. The summed E-state index contributed by atoms with van der Waals surface area (Å²) in [7, 11) is 0. The summed E-state index contributed by atoms with van der Waals surface area (Å²) in [6.45, 7) is 4.23. The minimum absolute atomic E-state index is 0.112. The lowest BCUT2D eigenvalue weighted by Crippen LogP contribution is -2.42. The van der Waals surface area contributed by atoms with Gasteiger partial charge in [0.25, 0.3) is 5.91 Å². The molecule has 3 heterocycles. The first kappa shape index (κ1) is 12.4. The van der Waals surface area contributed by atoms with E-state index in [0.29, 0.717) is 18.0 Å². The van der Waals surface area contributed by atoms with Crippen molar-refractivity contribution in [2.45, 2.75) is 12.5 Å². The summed E-state index contributed by atoms with van der Waals surface area (Å²) in [5.41, 5.74) is 0. The van der Waals surface area contributed by atoms with Gasteiger partial charge in [0.15, 0.2) is 17.7 Å². The van der Waals surface area contributed by atoms with Gasteiger partial charge >= 0.3 is 0 Å². The summed E-state index contributed by atoms with van der Waals surface area (Å²) < 4.78 is 11.0. The Bertz CT molecular complexity index is 460. The van der Waals surface area contributed by atoms with Crippen LogP contribution in [-0.4, -0.2) is 54.7 Å². The van der Waals surface area contributed by atoms with E-state index >= 15 is 0 Å². The van der Waals surface area contributed by atoms with Crippen molar-refractivity contribution in [2.24, 2.45) is 0 Å². The zero-order valence-corrected chi connectivity index (χ0v) is 10.7. The van der Waals surface area contributed by atoms with Crippen LogP contribution in [0.25, 0.3) is 0 Å². The number of carbonyl (C=O) groups excluding carboxylic acids is 1. The van der Waals surface area contributed by atoms with Crippen molar-refractivity contribution in [3.63, 3.8) is 0 Å². The van der Waals surface area contributed by atoms with E-state index < -0.39 is 6.10 Å². The second-order valence-electron chi connectivity index (χ2n) is 4.69. The van der Waals surface area contributed by atoms with Gasteiger partial charge in [0.05, 0.1) is 13.2 Å². The Labute approximate surface area is 111 Å². The molecule has 1 atom stereocenters. The molecule has 2 aliphatic heterocycles. The quantitative estimate of drug-likeness (QED) is 0.860. The zero-order valence-electron chi connectivity index (χ0n) is 10.7. The van der Waals surface area contributed by atoms with Crippen molar-refractivity contribution in [1.82, 2.24) is 9.88 Å². The van der Waals surface area contributed by atoms with Gasteiger partial charge in [-0.05, 0) is 12.1 Å². The zero-order chi connectivity index (χ0) is 13.1. The number of pyridine rings is 1. The van der Waals surface area contributed by atoms with Crippen LogP contribution in [0.4, 0.5) is 5.82 Å². The van der Waals surface area contributed by atoms with Gasteiger partial charge < -0.3 is 14.8 Å². The molecule has 6 nitrogen and oxygen atoms in total. The highest BCUT2D eigenvalue weighted by atomic mass is 16.5. The van der Waals surface area contributed by atoms with Crippen LogP contribution < -0.4 is 10.1 Å². The van der Waals surface area contributed by atoms with Gasteiger partial charge in [0.2, 0.25) is 0 Å². The Hall–Kier alpha value is -1.66. The number of morpholine rings is 1. The fourth-order valence-electron chi connectivity index (χ4n) is 2.30. The molecule has 0 spiro atoms. The highest BCUT2D eigenvalue weighted by Gasteiger charge is 2.28. The van der Waals surface area contributed by atoms with Crippen LogP contribution >= 0.6 is 0 Å². The van der Waals surface area contributed by atoms with Gasteiger partial charge in [-0.2, -0.15) is 0 Å². The average molecular weight is 263 g/mol. The van der Waals surface area contributed by atoms with Gasteiger partial charge in [-0.15, -0.1) is 0 Å². The molecule has 0 radical (unpaired) electrons. The third-order valence-electron chi connectivity index (χ3n) is 3.39. The van der Waals surface area contributed by atoms with E-state index in [9.17, 15) is 4.79 Å². The number of fused-ring (bicyclic) bond motifs is 1. The highest BCUT2D eigenvalue weighted by molar-refractivity contribution is 5.96. The van der Waals surface area contributed by atoms with E-state index in [1.165, 1.54) is 0 Å². The highest BCUT2D eigenvalue weighted by Crippen LogP contribution is 2.27. The first-order valence-corrected chi connectivity index (χ1v) is 6.55. The maximum Gasteiger partial charge on any atom is 0.266 e.